The van der Waals surface area contributed by atoms with Crippen LogP contribution in [-0.4, -0.2) is 54.6 Å². The van der Waals surface area contributed by atoms with Gasteiger partial charge in [-0.15, -0.1) is 0 Å². The third-order valence-electron chi connectivity index (χ3n) is 5.91. The van der Waals surface area contributed by atoms with Crippen molar-refractivity contribution in [2.75, 3.05) is 13.1 Å². The number of carbonyl (C=O) groups excluding carboxylic acids is 1. The van der Waals surface area contributed by atoms with Gasteiger partial charge in [0.25, 0.3) is 5.91 Å². The Morgan fingerprint density at radius 3 is 2.80 bits per heavy atom. The summed E-state index contributed by atoms with van der Waals surface area (Å²) in [5, 5.41) is 10.7. The molecule has 0 radical (unpaired) electrons. The fourth-order valence-corrected chi connectivity index (χ4v) is 4.30. The molecule has 1 saturated heterocycles. The lowest BCUT2D eigenvalue weighted by atomic mass is 10.1. The smallest absolute Gasteiger partial charge is 0.270 e. The number of benzene rings is 1. The van der Waals surface area contributed by atoms with Gasteiger partial charge in [-0.05, 0) is 62.1 Å². The van der Waals surface area contributed by atoms with E-state index in [4.69, 9.17) is 0 Å². The van der Waals surface area contributed by atoms with Gasteiger partial charge in [0, 0.05) is 29.7 Å². The number of likely N-dealkylation sites (tertiary alicyclic amines) is 1. The van der Waals surface area contributed by atoms with Crippen molar-refractivity contribution in [3.8, 4) is 0 Å². The quantitative estimate of drug-likeness (QED) is 0.550. The van der Waals surface area contributed by atoms with Crippen LogP contribution in [-0.2, 0) is 6.54 Å². The van der Waals surface area contributed by atoms with E-state index >= 15 is 0 Å². The van der Waals surface area contributed by atoms with Crippen LogP contribution in [0.1, 0.15) is 40.2 Å². The summed E-state index contributed by atoms with van der Waals surface area (Å²) in [6.45, 7) is 5.92. The number of carbonyl (C=O) groups is 1. The lowest BCUT2D eigenvalue weighted by Gasteiger charge is -2.29. The fraction of sp³-hybridized carbons (Fsp3) is 0.348. The number of aromatic nitrogens is 4. The molecule has 0 atom stereocenters. The largest absolute Gasteiger partial charge is 0.393 e. The number of aliphatic hydroxyl groups excluding tert-OH is 1. The molecule has 7 heteroatoms. The molecule has 0 aliphatic carbocycles. The first-order valence-corrected chi connectivity index (χ1v) is 10.4. The van der Waals surface area contributed by atoms with Gasteiger partial charge >= 0.3 is 0 Å². The number of H-pyrrole nitrogens is 1. The normalized spacial score (nSPS) is 15.4. The summed E-state index contributed by atoms with van der Waals surface area (Å²) in [7, 11) is 0. The predicted octanol–water partition coefficient (Wildman–Crippen LogP) is 3.17. The number of hydrogen-bond acceptors (Lipinski definition) is 4. The molecule has 30 heavy (non-hydrogen) atoms. The molecule has 0 unspecified atom stereocenters. The van der Waals surface area contributed by atoms with Gasteiger partial charge in [0.05, 0.1) is 19.0 Å². The fourth-order valence-electron chi connectivity index (χ4n) is 4.30. The highest BCUT2D eigenvalue weighted by atomic mass is 16.3. The lowest BCUT2D eigenvalue weighted by molar-refractivity contribution is 0.0542. The molecule has 7 nitrogen and oxygen atoms in total. The second kappa shape index (κ2) is 7.25. The van der Waals surface area contributed by atoms with Gasteiger partial charge in [-0.3, -0.25) is 4.79 Å². The summed E-state index contributed by atoms with van der Waals surface area (Å²) in [6, 6.07) is 10.2. The van der Waals surface area contributed by atoms with Crippen LogP contribution in [0.2, 0.25) is 0 Å². The molecule has 1 aromatic carbocycles. The molecule has 4 heterocycles. The highest BCUT2D eigenvalue weighted by Gasteiger charge is 2.23. The molecule has 5 rings (SSSR count). The van der Waals surface area contributed by atoms with Crippen LogP contribution in [0.25, 0.3) is 22.1 Å². The summed E-state index contributed by atoms with van der Waals surface area (Å²) in [5.41, 5.74) is 6.61. The number of amides is 1. The number of aromatic amines is 1. The van der Waals surface area contributed by atoms with E-state index in [1.54, 1.807) is 0 Å². The van der Waals surface area contributed by atoms with E-state index in [1.807, 2.05) is 36.4 Å². The minimum atomic E-state index is -0.291. The van der Waals surface area contributed by atoms with Gasteiger partial charge in [-0.1, -0.05) is 6.07 Å². The molecule has 0 saturated carbocycles. The Morgan fingerprint density at radius 2 is 2.00 bits per heavy atom. The maximum atomic E-state index is 12.8. The summed E-state index contributed by atoms with van der Waals surface area (Å²) < 4.78 is 2.06. The molecule has 0 spiro atoms. The molecule has 1 fully saturated rings. The standard InChI is InChI=1S/C23H25N5O2/c1-14-9-15(2)25-22-21(14)24-13-28(22)12-16-3-4-19-17(10-16)11-20(26-19)23(30)27-7-5-18(29)6-8-27/h3-4,9-11,13,18,26,29H,5-8,12H2,1-2H3. The van der Waals surface area contributed by atoms with Crippen LogP contribution < -0.4 is 0 Å². The number of piperidine rings is 1. The number of aryl methyl sites for hydroxylation is 2. The summed E-state index contributed by atoms with van der Waals surface area (Å²) in [5.74, 6) is -0.00426. The first kappa shape index (κ1) is 18.8. The summed E-state index contributed by atoms with van der Waals surface area (Å²) in [6.07, 6.45) is 2.83. The highest BCUT2D eigenvalue weighted by Crippen LogP contribution is 2.22. The van der Waals surface area contributed by atoms with Crippen molar-refractivity contribution in [3.63, 3.8) is 0 Å². The number of nitrogens with one attached hydrogen (secondary N) is 1. The number of nitrogens with zero attached hydrogens (tertiary/aromatic N) is 4. The van der Waals surface area contributed by atoms with Crippen LogP contribution in [0.5, 0.6) is 0 Å². The second-order valence-electron chi connectivity index (χ2n) is 8.25. The van der Waals surface area contributed by atoms with Crippen LogP contribution in [0.3, 0.4) is 0 Å². The zero-order valence-corrected chi connectivity index (χ0v) is 17.2. The molecule has 0 bridgehead atoms. The topological polar surface area (TPSA) is 87.0 Å². The van der Waals surface area contributed by atoms with Crippen LogP contribution >= 0.6 is 0 Å². The maximum absolute atomic E-state index is 12.8. The predicted molar refractivity (Wildman–Crippen MR) is 116 cm³/mol. The number of hydrogen-bond donors (Lipinski definition) is 2. The van der Waals surface area contributed by atoms with Crippen molar-refractivity contribution in [2.45, 2.75) is 39.3 Å². The summed E-state index contributed by atoms with van der Waals surface area (Å²) in [4.78, 5) is 27.1. The Labute approximate surface area is 174 Å². The maximum Gasteiger partial charge on any atom is 0.270 e. The van der Waals surface area contributed by atoms with Crippen molar-refractivity contribution < 1.29 is 9.90 Å². The van der Waals surface area contributed by atoms with Gasteiger partial charge in [-0.25, -0.2) is 9.97 Å². The molecule has 1 aliphatic heterocycles. The van der Waals surface area contributed by atoms with Crippen molar-refractivity contribution >= 4 is 28.0 Å². The van der Waals surface area contributed by atoms with Crippen molar-refractivity contribution in [1.82, 2.24) is 24.4 Å². The van der Waals surface area contributed by atoms with Crippen molar-refractivity contribution in [1.29, 1.82) is 0 Å². The molecule has 1 aliphatic rings. The Balaban J connectivity index is 1.41. The zero-order chi connectivity index (χ0) is 20.8. The van der Waals surface area contributed by atoms with Crippen molar-refractivity contribution in [2.24, 2.45) is 0 Å². The number of imidazole rings is 1. The lowest BCUT2D eigenvalue weighted by Crippen LogP contribution is -2.40. The van der Waals surface area contributed by atoms with Gasteiger partial charge in [-0.2, -0.15) is 0 Å². The van der Waals surface area contributed by atoms with E-state index in [1.165, 1.54) is 0 Å². The first-order valence-electron chi connectivity index (χ1n) is 10.4. The van der Waals surface area contributed by atoms with Gasteiger partial charge < -0.3 is 19.6 Å². The Hall–Kier alpha value is -3.19. The first-order chi connectivity index (χ1) is 14.5. The van der Waals surface area contributed by atoms with Gasteiger partial charge in [0.1, 0.15) is 11.2 Å². The Kier molecular flexibility index (Phi) is 4.55. The van der Waals surface area contributed by atoms with E-state index < -0.39 is 0 Å². The van der Waals surface area contributed by atoms with Crippen molar-refractivity contribution in [3.05, 3.63) is 59.2 Å². The molecule has 3 aromatic heterocycles. The molecule has 2 N–H and O–H groups in total. The zero-order valence-electron chi connectivity index (χ0n) is 17.2. The van der Waals surface area contributed by atoms with Gasteiger partial charge in [0.2, 0.25) is 0 Å². The molecular weight excluding hydrogens is 378 g/mol. The Bertz CT molecular complexity index is 1250. The van der Waals surface area contributed by atoms with Crippen LogP contribution in [0, 0.1) is 13.8 Å². The molecule has 1 amide bonds. The molecule has 4 aromatic rings. The number of pyridine rings is 1. The van der Waals surface area contributed by atoms with E-state index in [-0.39, 0.29) is 12.0 Å². The average molecular weight is 403 g/mol. The second-order valence-corrected chi connectivity index (χ2v) is 8.25. The number of aliphatic hydroxyl groups is 1. The average Bonchev–Trinajstić information content (AvgIpc) is 3.32. The molecular formula is C23H25N5O2. The van der Waals surface area contributed by atoms with E-state index in [9.17, 15) is 9.90 Å². The highest BCUT2D eigenvalue weighted by molar-refractivity contribution is 5.98. The van der Waals surface area contributed by atoms with Crippen LogP contribution in [0.15, 0.2) is 36.7 Å². The minimum absolute atomic E-state index is 0.00426. The number of fused-ring (bicyclic) bond motifs is 2. The minimum Gasteiger partial charge on any atom is -0.393 e. The number of rotatable bonds is 3. The third-order valence-corrected chi connectivity index (χ3v) is 5.91. The SMILES string of the molecule is Cc1cc(C)c2ncn(Cc3ccc4[nH]c(C(=O)N5CCC(O)CC5)cc4c3)c2n1. The van der Waals surface area contributed by atoms with E-state index in [0.717, 1.165) is 38.9 Å². The Morgan fingerprint density at radius 1 is 1.20 bits per heavy atom. The summed E-state index contributed by atoms with van der Waals surface area (Å²) >= 11 is 0. The monoisotopic (exact) mass is 403 g/mol. The third kappa shape index (κ3) is 3.35. The van der Waals surface area contributed by atoms with E-state index in [2.05, 4.69) is 38.6 Å². The van der Waals surface area contributed by atoms with Gasteiger partial charge in [0.15, 0.2) is 5.65 Å². The van der Waals surface area contributed by atoms with Crippen LogP contribution in [0.4, 0.5) is 0 Å². The molecule has 154 valence electrons. The van der Waals surface area contributed by atoms with E-state index in [0.29, 0.717) is 38.2 Å².